The van der Waals surface area contributed by atoms with E-state index in [2.05, 4.69) is 19.2 Å². The molecule has 1 atom stereocenters. The van der Waals surface area contributed by atoms with Crippen LogP contribution in [0, 0.1) is 5.41 Å². The van der Waals surface area contributed by atoms with E-state index in [0.717, 1.165) is 5.69 Å². The lowest BCUT2D eigenvalue weighted by Crippen LogP contribution is -2.31. The highest BCUT2D eigenvalue weighted by Crippen LogP contribution is 2.36. The van der Waals surface area contributed by atoms with Gasteiger partial charge >= 0.3 is 0 Å². The van der Waals surface area contributed by atoms with Gasteiger partial charge in [0.25, 0.3) is 0 Å². The Balaban J connectivity index is 1.99. The second-order valence-corrected chi connectivity index (χ2v) is 6.04. The van der Waals surface area contributed by atoms with E-state index in [1.165, 1.54) is 25.7 Å². The van der Waals surface area contributed by atoms with Crippen molar-refractivity contribution in [2.45, 2.75) is 45.6 Å². The van der Waals surface area contributed by atoms with E-state index in [1.807, 2.05) is 12.1 Å². The molecule has 3 nitrogen and oxygen atoms in total. The predicted octanol–water partition coefficient (Wildman–Crippen LogP) is 3.17. The van der Waals surface area contributed by atoms with Gasteiger partial charge in [-0.05, 0) is 48.9 Å². The molecule has 1 unspecified atom stereocenters. The van der Waals surface area contributed by atoms with Crippen molar-refractivity contribution in [2.24, 2.45) is 11.1 Å². The molecule has 1 aliphatic carbocycles. The van der Waals surface area contributed by atoms with Crippen LogP contribution in [0.4, 0.5) is 5.69 Å². The molecule has 1 aromatic rings. The average Bonchev–Trinajstić information content (AvgIpc) is 2.28. The molecule has 1 aliphatic rings. The number of hydrogen-bond donors (Lipinski definition) is 2. The minimum Gasteiger partial charge on any atom is -0.382 e. The zero-order valence-corrected chi connectivity index (χ0v) is 11.2. The van der Waals surface area contributed by atoms with Gasteiger partial charge < -0.3 is 11.1 Å². The number of rotatable bonds is 3. The molecule has 0 radical (unpaired) electrons. The van der Waals surface area contributed by atoms with Crippen molar-refractivity contribution in [1.29, 1.82) is 0 Å². The van der Waals surface area contributed by atoms with Gasteiger partial charge in [0.05, 0.1) is 0 Å². The molecule has 2 rings (SSSR count). The van der Waals surface area contributed by atoms with E-state index in [-0.39, 0.29) is 5.91 Å². The maximum Gasteiger partial charge on any atom is 0.248 e. The largest absolute Gasteiger partial charge is 0.382 e. The minimum atomic E-state index is -0.375. The second kappa shape index (κ2) is 5.01. The fraction of sp³-hybridized carbons (Fsp3) is 0.533. The second-order valence-electron chi connectivity index (χ2n) is 6.04. The Morgan fingerprint density at radius 2 is 2.00 bits per heavy atom. The van der Waals surface area contributed by atoms with E-state index < -0.39 is 0 Å². The Morgan fingerprint density at radius 3 is 2.56 bits per heavy atom. The summed E-state index contributed by atoms with van der Waals surface area (Å²) in [6.45, 7) is 4.66. The fourth-order valence-corrected chi connectivity index (χ4v) is 2.79. The smallest absolute Gasteiger partial charge is 0.248 e. The summed E-state index contributed by atoms with van der Waals surface area (Å²) in [5.41, 5.74) is 7.29. The summed E-state index contributed by atoms with van der Waals surface area (Å²) in [4.78, 5) is 11.0. The topological polar surface area (TPSA) is 55.1 Å². The highest BCUT2D eigenvalue weighted by molar-refractivity contribution is 5.93. The molecule has 0 spiro atoms. The standard InChI is InChI=1S/C15H22N2O/c1-15(2)9-3-4-13(10-15)17-12-7-5-11(6-8-12)14(16)18/h5-8,13,17H,3-4,9-10H2,1-2H3,(H2,16,18). The van der Waals surface area contributed by atoms with Crippen LogP contribution >= 0.6 is 0 Å². The van der Waals surface area contributed by atoms with Gasteiger partial charge in [-0.1, -0.05) is 20.3 Å². The van der Waals surface area contributed by atoms with E-state index in [1.54, 1.807) is 12.1 Å². The molecule has 3 N–H and O–H groups in total. The van der Waals surface area contributed by atoms with Crippen molar-refractivity contribution < 1.29 is 4.79 Å². The summed E-state index contributed by atoms with van der Waals surface area (Å²) in [5, 5.41) is 3.55. The normalized spacial score (nSPS) is 22.4. The monoisotopic (exact) mass is 246 g/mol. The molecule has 0 bridgehead atoms. The minimum absolute atomic E-state index is 0.375. The quantitative estimate of drug-likeness (QED) is 0.860. The van der Waals surface area contributed by atoms with Gasteiger partial charge in [0, 0.05) is 17.3 Å². The van der Waals surface area contributed by atoms with Crippen LogP contribution in [0.2, 0.25) is 0 Å². The number of anilines is 1. The summed E-state index contributed by atoms with van der Waals surface area (Å²) in [6.07, 6.45) is 5.02. The Morgan fingerprint density at radius 1 is 1.33 bits per heavy atom. The van der Waals surface area contributed by atoms with Gasteiger partial charge in [0.1, 0.15) is 0 Å². The molecular formula is C15H22N2O. The number of carbonyl (C=O) groups excluding carboxylic acids is 1. The summed E-state index contributed by atoms with van der Waals surface area (Å²) < 4.78 is 0. The van der Waals surface area contributed by atoms with Gasteiger partial charge in [0.15, 0.2) is 0 Å². The van der Waals surface area contributed by atoms with Crippen LogP contribution in [0.1, 0.15) is 49.9 Å². The first-order chi connectivity index (χ1) is 8.46. The SMILES string of the molecule is CC1(C)CCCC(Nc2ccc(C(N)=O)cc2)C1. The Labute approximate surface area is 109 Å². The van der Waals surface area contributed by atoms with Crippen LogP contribution in [0.5, 0.6) is 0 Å². The van der Waals surface area contributed by atoms with Gasteiger partial charge in [-0.3, -0.25) is 4.79 Å². The van der Waals surface area contributed by atoms with Crippen LogP contribution in [0.3, 0.4) is 0 Å². The van der Waals surface area contributed by atoms with Crippen molar-refractivity contribution in [1.82, 2.24) is 0 Å². The van der Waals surface area contributed by atoms with Gasteiger partial charge in [-0.25, -0.2) is 0 Å². The molecule has 1 saturated carbocycles. The maximum atomic E-state index is 11.0. The van der Waals surface area contributed by atoms with E-state index in [9.17, 15) is 4.79 Å². The summed E-state index contributed by atoms with van der Waals surface area (Å²) in [6, 6.07) is 7.95. The molecule has 0 saturated heterocycles. The first kappa shape index (κ1) is 12.9. The molecule has 3 heteroatoms. The van der Waals surface area contributed by atoms with Crippen LogP contribution in [-0.2, 0) is 0 Å². The molecule has 1 amide bonds. The molecule has 0 aliphatic heterocycles. The number of amides is 1. The molecular weight excluding hydrogens is 224 g/mol. The van der Waals surface area contributed by atoms with Crippen molar-refractivity contribution in [3.05, 3.63) is 29.8 Å². The Kier molecular flexibility index (Phi) is 3.60. The lowest BCUT2D eigenvalue weighted by molar-refractivity contribution is 0.100. The van der Waals surface area contributed by atoms with Gasteiger partial charge in [0.2, 0.25) is 5.91 Å². The Hall–Kier alpha value is -1.51. The highest BCUT2D eigenvalue weighted by atomic mass is 16.1. The maximum absolute atomic E-state index is 11.0. The first-order valence-electron chi connectivity index (χ1n) is 6.63. The summed E-state index contributed by atoms with van der Waals surface area (Å²) in [7, 11) is 0. The molecule has 0 aromatic heterocycles. The fourth-order valence-electron chi connectivity index (χ4n) is 2.79. The summed E-state index contributed by atoms with van der Waals surface area (Å²) >= 11 is 0. The van der Waals surface area contributed by atoms with Gasteiger partial charge in [-0.2, -0.15) is 0 Å². The van der Waals surface area contributed by atoms with Crippen LogP contribution in [0.25, 0.3) is 0 Å². The lowest BCUT2D eigenvalue weighted by Gasteiger charge is -2.36. The number of benzene rings is 1. The number of nitrogens with two attached hydrogens (primary N) is 1. The number of hydrogen-bond acceptors (Lipinski definition) is 2. The zero-order valence-electron chi connectivity index (χ0n) is 11.2. The number of primary amides is 1. The third kappa shape index (κ3) is 3.25. The lowest BCUT2D eigenvalue weighted by atomic mass is 9.75. The molecule has 0 heterocycles. The van der Waals surface area contributed by atoms with Crippen molar-refractivity contribution in [3.63, 3.8) is 0 Å². The Bertz CT molecular complexity index is 423. The third-order valence-electron chi connectivity index (χ3n) is 3.75. The summed E-state index contributed by atoms with van der Waals surface area (Å²) in [5.74, 6) is -0.375. The molecule has 18 heavy (non-hydrogen) atoms. The van der Waals surface area contributed by atoms with Crippen molar-refractivity contribution in [3.8, 4) is 0 Å². The average molecular weight is 246 g/mol. The van der Waals surface area contributed by atoms with E-state index in [0.29, 0.717) is 17.0 Å². The van der Waals surface area contributed by atoms with Gasteiger partial charge in [-0.15, -0.1) is 0 Å². The third-order valence-corrected chi connectivity index (χ3v) is 3.75. The number of nitrogens with one attached hydrogen (secondary N) is 1. The predicted molar refractivity (Wildman–Crippen MR) is 74.6 cm³/mol. The van der Waals surface area contributed by atoms with Crippen LogP contribution in [-0.4, -0.2) is 11.9 Å². The molecule has 1 fully saturated rings. The van der Waals surface area contributed by atoms with Crippen molar-refractivity contribution in [2.75, 3.05) is 5.32 Å². The van der Waals surface area contributed by atoms with E-state index in [4.69, 9.17) is 5.73 Å². The van der Waals surface area contributed by atoms with Crippen LogP contribution < -0.4 is 11.1 Å². The zero-order chi connectivity index (χ0) is 13.2. The first-order valence-corrected chi connectivity index (χ1v) is 6.63. The number of carbonyl (C=O) groups is 1. The molecule has 98 valence electrons. The molecule has 1 aromatic carbocycles. The van der Waals surface area contributed by atoms with E-state index >= 15 is 0 Å². The van der Waals surface area contributed by atoms with Crippen molar-refractivity contribution >= 4 is 11.6 Å². The van der Waals surface area contributed by atoms with Crippen LogP contribution in [0.15, 0.2) is 24.3 Å². The highest BCUT2D eigenvalue weighted by Gasteiger charge is 2.27.